The fraction of sp³-hybridized carbons (Fsp3) is 0.778. The van der Waals surface area contributed by atoms with Crippen LogP contribution in [0.4, 0.5) is 0 Å². The van der Waals surface area contributed by atoms with E-state index in [2.05, 4.69) is 23.7 Å². The lowest BCUT2D eigenvalue weighted by Crippen LogP contribution is -2.16. The standard InChI is InChI=1S/C18H27ClO8S/c19-18-4-3-6-23-8-10-25-12-14-27-16-15-26-13-11-24-9-7-22-5-1-2-17-28(18,20)21/h18H,5-17H2. The number of ether oxygens (including phenoxy) is 6. The highest BCUT2D eigenvalue weighted by atomic mass is 35.5. The Labute approximate surface area is 172 Å². The van der Waals surface area contributed by atoms with Gasteiger partial charge in [-0.05, 0) is 0 Å². The van der Waals surface area contributed by atoms with Crippen molar-refractivity contribution in [2.45, 2.75) is 4.71 Å². The van der Waals surface area contributed by atoms with Gasteiger partial charge in [-0.25, -0.2) is 8.42 Å². The summed E-state index contributed by atoms with van der Waals surface area (Å²) in [4.78, 5) is 0. The van der Waals surface area contributed by atoms with Gasteiger partial charge in [-0.2, -0.15) is 0 Å². The second-order valence-electron chi connectivity index (χ2n) is 5.35. The largest absolute Gasteiger partial charge is 0.377 e. The van der Waals surface area contributed by atoms with Crippen LogP contribution < -0.4 is 0 Å². The third kappa shape index (κ3) is 14.2. The van der Waals surface area contributed by atoms with Crippen LogP contribution in [0.25, 0.3) is 0 Å². The monoisotopic (exact) mass is 438 g/mol. The van der Waals surface area contributed by atoms with Gasteiger partial charge in [-0.3, -0.25) is 0 Å². The molecule has 0 aromatic rings. The topological polar surface area (TPSA) is 89.5 Å². The van der Waals surface area contributed by atoms with E-state index in [0.717, 1.165) is 0 Å². The van der Waals surface area contributed by atoms with Gasteiger partial charge in [0.2, 0.25) is 0 Å². The van der Waals surface area contributed by atoms with Crippen LogP contribution in [0.3, 0.4) is 0 Å². The molecule has 0 bridgehead atoms. The van der Waals surface area contributed by atoms with E-state index in [1.807, 2.05) is 0 Å². The van der Waals surface area contributed by atoms with Crippen LogP contribution in [-0.4, -0.2) is 98.2 Å². The summed E-state index contributed by atoms with van der Waals surface area (Å²) < 4.78 is 54.4. The van der Waals surface area contributed by atoms with Gasteiger partial charge >= 0.3 is 0 Å². The minimum absolute atomic E-state index is 0.0670. The summed E-state index contributed by atoms with van der Waals surface area (Å²) in [6.45, 7) is 4.46. The summed E-state index contributed by atoms with van der Waals surface area (Å²) in [5.41, 5.74) is 0. The van der Waals surface area contributed by atoms with E-state index in [4.69, 9.17) is 40.0 Å². The Balaban J connectivity index is 2.39. The lowest BCUT2D eigenvalue weighted by Gasteiger charge is -2.07. The minimum Gasteiger partial charge on any atom is -0.377 e. The summed E-state index contributed by atoms with van der Waals surface area (Å²) >= 11 is 5.82. The average Bonchev–Trinajstić information content (AvgIpc) is 2.67. The van der Waals surface area contributed by atoms with Gasteiger partial charge in [0.25, 0.3) is 0 Å². The van der Waals surface area contributed by atoms with Crippen LogP contribution in [0.5, 0.6) is 0 Å². The summed E-state index contributed by atoms with van der Waals surface area (Å²) in [5, 5.41) is 0. The third-order valence-corrected chi connectivity index (χ3v) is 5.36. The lowest BCUT2D eigenvalue weighted by atomic mass is 10.6. The van der Waals surface area contributed by atoms with Crippen LogP contribution in [0.1, 0.15) is 0 Å². The highest BCUT2D eigenvalue weighted by Crippen LogP contribution is 2.05. The van der Waals surface area contributed by atoms with Crippen molar-refractivity contribution in [3.8, 4) is 23.7 Å². The molecular formula is C18H27ClO8S. The van der Waals surface area contributed by atoms with Crippen molar-refractivity contribution < 1.29 is 36.8 Å². The Hall–Kier alpha value is -0.880. The highest BCUT2D eigenvalue weighted by Gasteiger charge is 2.19. The number of rotatable bonds is 0. The smallest absolute Gasteiger partial charge is 0.196 e. The van der Waals surface area contributed by atoms with E-state index in [9.17, 15) is 8.42 Å². The van der Waals surface area contributed by atoms with Crippen molar-refractivity contribution in [1.82, 2.24) is 0 Å². The molecule has 28 heavy (non-hydrogen) atoms. The zero-order valence-corrected chi connectivity index (χ0v) is 17.4. The van der Waals surface area contributed by atoms with Gasteiger partial charge in [0, 0.05) is 0 Å². The molecule has 0 saturated heterocycles. The molecule has 0 saturated carbocycles. The molecule has 0 aliphatic carbocycles. The van der Waals surface area contributed by atoms with E-state index in [-0.39, 0.29) is 19.0 Å². The number of alkyl halides is 1. The molecule has 8 nitrogen and oxygen atoms in total. The molecule has 0 aromatic carbocycles. The van der Waals surface area contributed by atoms with Crippen molar-refractivity contribution in [2.75, 3.05) is 85.0 Å². The summed E-state index contributed by atoms with van der Waals surface area (Å²) in [5.74, 6) is 9.80. The molecular weight excluding hydrogens is 412 g/mol. The first kappa shape index (κ1) is 25.2. The van der Waals surface area contributed by atoms with Gasteiger partial charge in [-0.1, -0.05) is 35.3 Å². The predicted octanol–water partition coefficient (Wildman–Crippen LogP) is 0.0861. The van der Waals surface area contributed by atoms with Crippen molar-refractivity contribution in [3.63, 3.8) is 0 Å². The molecule has 1 aliphatic heterocycles. The summed E-state index contributed by atoms with van der Waals surface area (Å²) in [6.07, 6.45) is 0. The van der Waals surface area contributed by atoms with Crippen LogP contribution in [0.2, 0.25) is 0 Å². The van der Waals surface area contributed by atoms with Crippen molar-refractivity contribution in [1.29, 1.82) is 0 Å². The molecule has 0 amide bonds. The Bertz CT molecular complexity index is 617. The lowest BCUT2D eigenvalue weighted by molar-refractivity contribution is -0.0142. The van der Waals surface area contributed by atoms with E-state index in [1.165, 1.54) is 0 Å². The SMILES string of the molecule is O=S1(=O)CC#CCOCCOCCOCCOCCOCCOCC#CC1Cl. The second-order valence-corrected chi connectivity index (χ2v) is 8.13. The van der Waals surface area contributed by atoms with E-state index >= 15 is 0 Å². The van der Waals surface area contributed by atoms with Crippen molar-refractivity contribution in [3.05, 3.63) is 0 Å². The number of hydrogen-bond donors (Lipinski definition) is 0. The van der Waals surface area contributed by atoms with Crippen LogP contribution >= 0.6 is 11.6 Å². The Kier molecular flexibility index (Phi) is 15.3. The molecule has 160 valence electrons. The predicted molar refractivity (Wildman–Crippen MR) is 104 cm³/mol. The van der Waals surface area contributed by atoms with Crippen molar-refractivity contribution >= 4 is 21.4 Å². The summed E-state index contributed by atoms with van der Waals surface area (Å²) in [6, 6.07) is 0. The molecule has 1 heterocycles. The molecule has 0 aromatic heterocycles. The maximum absolute atomic E-state index is 12.0. The second kappa shape index (κ2) is 17.0. The van der Waals surface area contributed by atoms with Crippen LogP contribution in [0.15, 0.2) is 0 Å². The quantitative estimate of drug-likeness (QED) is 0.388. The maximum Gasteiger partial charge on any atom is 0.196 e. The maximum atomic E-state index is 12.0. The molecule has 1 rings (SSSR count). The molecule has 10 heteroatoms. The fourth-order valence-corrected chi connectivity index (χ4v) is 2.71. The number of halogens is 1. The Morgan fingerprint density at radius 3 is 1.46 bits per heavy atom. The average molecular weight is 439 g/mol. The van der Waals surface area contributed by atoms with Gasteiger partial charge in [0.15, 0.2) is 14.5 Å². The molecule has 0 spiro atoms. The van der Waals surface area contributed by atoms with Crippen LogP contribution in [-0.2, 0) is 38.3 Å². The Morgan fingerprint density at radius 2 is 1.00 bits per heavy atom. The molecule has 1 unspecified atom stereocenters. The van der Waals surface area contributed by atoms with E-state index in [1.54, 1.807) is 0 Å². The minimum atomic E-state index is -3.64. The third-order valence-electron chi connectivity index (χ3n) is 3.14. The summed E-state index contributed by atoms with van der Waals surface area (Å²) in [7, 11) is -3.64. The zero-order valence-electron chi connectivity index (χ0n) is 15.8. The molecule has 1 atom stereocenters. The normalized spacial score (nSPS) is 25.0. The molecule has 1 aliphatic rings. The van der Waals surface area contributed by atoms with Gasteiger partial charge in [0.05, 0.1) is 66.1 Å². The van der Waals surface area contributed by atoms with Crippen LogP contribution in [0, 0.1) is 23.7 Å². The van der Waals surface area contributed by atoms with Crippen molar-refractivity contribution in [2.24, 2.45) is 0 Å². The molecule has 0 fully saturated rings. The number of hydrogen-bond acceptors (Lipinski definition) is 8. The van der Waals surface area contributed by atoms with E-state index in [0.29, 0.717) is 66.1 Å². The van der Waals surface area contributed by atoms with Gasteiger partial charge in [-0.15, -0.1) is 0 Å². The first-order valence-corrected chi connectivity index (χ1v) is 11.0. The van der Waals surface area contributed by atoms with Gasteiger partial charge < -0.3 is 28.4 Å². The fourth-order valence-electron chi connectivity index (χ4n) is 1.73. The molecule has 0 N–H and O–H groups in total. The number of sulfone groups is 1. The highest BCUT2D eigenvalue weighted by molar-refractivity contribution is 7.93. The first-order chi connectivity index (χ1) is 13.6. The van der Waals surface area contributed by atoms with E-state index < -0.39 is 14.5 Å². The zero-order chi connectivity index (χ0) is 20.3. The Morgan fingerprint density at radius 1 is 0.607 bits per heavy atom. The van der Waals surface area contributed by atoms with Gasteiger partial charge in [0.1, 0.15) is 19.0 Å². The first-order valence-electron chi connectivity index (χ1n) is 8.89. The molecule has 0 radical (unpaired) electrons.